The lowest BCUT2D eigenvalue weighted by Crippen LogP contribution is -2.23. The Balaban J connectivity index is 2.09. The third kappa shape index (κ3) is 3.66. The Morgan fingerprint density at radius 3 is 2.43 bits per heavy atom. The summed E-state index contributed by atoms with van der Waals surface area (Å²) in [4.78, 5) is 9.93. The third-order valence-electron chi connectivity index (χ3n) is 2.73. The van der Waals surface area contributed by atoms with Crippen molar-refractivity contribution in [1.29, 1.82) is 0 Å². The van der Waals surface area contributed by atoms with E-state index < -0.39 is 17.5 Å². The zero-order valence-electron chi connectivity index (χ0n) is 10.6. The molecule has 21 heavy (non-hydrogen) atoms. The molecule has 2 aromatic carbocycles. The van der Waals surface area contributed by atoms with Crippen molar-refractivity contribution < 1.29 is 18.4 Å². The summed E-state index contributed by atoms with van der Waals surface area (Å²) in [5.74, 6) is -3.13. The SMILES string of the molecule is O=[N+]([O-])c1ccc(OCC(F)(F)c2ccccc2)cc1Cl. The number of hydrogen-bond donors (Lipinski definition) is 0. The van der Waals surface area contributed by atoms with Gasteiger partial charge in [-0.2, -0.15) is 8.78 Å². The number of halogens is 3. The largest absolute Gasteiger partial charge is 0.487 e. The molecule has 0 saturated heterocycles. The van der Waals surface area contributed by atoms with E-state index in [4.69, 9.17) is 16.3 Å². The van der Waals surface area contributed by atoms with Gasteiger partial charge >= 0.3 is 5.92 Å². The van der Waals surface area contributed by atoms with Gasteiger partial charge in [-0.25, -0.2) is 0 Å². The van der Waals surface area contributed by atoms with Crippen LogP contribution in [0.4, 0.5) is 14.5 Å². The molecule has 4 nitrogen and oxygen atoms in total. The van der Waals surface area contributed by atoms with Crippen molar-refractivity contribution in [2.45, 2.75) is 5.92 Å². The molecule has 2 rings (SSSR count). The van der Waals surface area contributed by atoms with Crippen molar-refractivity contribution in [2.75, 3.05) is 6.61 Å². The van der Waals surface area contributed by atoms with Gasteiger partial charge in [0.25, 0.3) is 5.69 Å². The lowest BCUT2D eigenvalue weighted by Gasteiger charge is -2.17. The van der Waals surface area contributed by atoms with Crippen LogP contribution in [0, 0.1) is 10.1 Å². The predicted octanol–water partition coefficient (Wildman–Crippen LogP) is 4.42. The highest BCUT2D eigenvalue weighted by Gasteiger charge is 2.32. The first-order chi connectivity index (χ1) is 9.90. The summed E-state index contributed by atoms with van der Waals surface area (Å²) < 4.78 is 32.8. The number of nitro benzene ring substituents is 1. The summed E-state index contributed by atoms with van der Waals surface area (Å²) in [5.41, 5.74) is -0.475. The van der Waals surface area contributed by atoms with E-state index in [9.17, 15) is 18.9 Å². The minimum atomic E-state index is -3.17. The molecule has 0 aromatic heterocycles. The van der Waals surface area contributed by atoms with E-state index in [1.165, 1.54) is 30.3 Å². The molecule has 0 spiro atoms. The Labute approximate surface area is 124 Å². The molecule has 0 bridgehead atoms. The van der Waals surface area contributed by atoms with Gasteiger partial charge in [0, 0.05) is 17.7 Å². The quantitative estimate of drug-likeness (QED) is 0.606. The molecule has 0 saturated carbocycles. The second kappa shape index (κ2) is 6.05. The second-order valence-electron chi connectivity index (χ2n) is 4.23. The van der Waals surface area contributed by atoms with Gasteiger partial charge in [0.1, 0.15) is 10.8 Å². The van der Waals surface area contributed by atoms with E-state index in [0.717, 1.165) is 12.1 Å². The summed E-state index contributed by atoms with van der Waals surface area (Å²) in [6, 6.07) is 10.7. The van der Waals surface area contributed by atoms with Crippen LogP contribution in [0.25, 0.3) is 0 Å². The highest BCUT2D eigenvalue weighted by atomic mass is 35.5. The van der Waals surface area contributed by atoms with Gasteiger partial charge in [-0.05, 0) is 6.07 Å². The average molecular weight is 314 g/mol. The van der Waals surface area contributed by atoms with Crippen molar-refractivity contribution in [3.8, 4) is 5.75 Å². The third-order valence-corrected chi connectivity index (χ3v) is 3.03. The van der Waals surface area contributed by atoms with Crippen LogP contribution in [0.5, 0.6) is 5.75 Å². The van der Waals surface area contributed by atoms with E-state index in [1.807, 2.05) is 0 Å². The fraction of sp³-hybridized carbons (Fsp3) is 0.143. The summed E-state index contributed by atoms with van der Waals surface area (Å²) >= 11 is 5.68. The molecule has 2 aromatic rings. The number of hydrogen-bond acceptors (Lipinski definition) is 3. The number of ether oxygens (including phenoxy) is 1. The Hall–Kier alpha value is -2.21. The van der Waals surface area contributed by atoms with Gasteiger partial charge in [-0.1, -0.05) is 41.9 Å². The first-order valence-electron chi connectivity index (χ1n) is 5.90. The maximum absolute atomic E-state index is 13.9. The number of benzene rings is 2. The maximum Gasteiger partial charge on any atom is 0.306 e. The van der Waals surface area contributed by atoms with Crippen LogP contribution in [0.2, 0.25) is 5.02 Å². The molecular formula is C14H10ClF2NO3. The molecule has 7 heteroatoms. The van der Waals surface area contributed by atoms with Crippen LogP contribution in [-0.2, 0) is 5.92 Å². The Morgan fingerprint density at radius 2 is 1.86 bits per heavy atom. The molecule has 0 N–H and O–H groups in total. The van der Waals surface area contributed by atoms with E-state index >= 15 is 0 Å². The van der Waals surface area contributed by atoms with Crippen molar-refractivity contribution >= 4 is 17.3 Å². The molecule has 110 valence electrons. The summed E-state index contributed by atoms with van der Waals surface area (Å²) in [5, 5.41) is 10.4. The summed E-state index contributed by atoms with van der Waals surface area (Å²) in [6.07, 6.45) is 0. The first kappa shape index (κ1) is 15.2. The fourth-order valence-corrected chi connectivity index (χ4v) is 1.90. The Morgan fingerprint density at radius 1 is 1.19 bits per heavy atom. The number of nitro groups is 1. The molecule has 0 aliphatic heterocycles. The average Bonchev–Trinajstić information content (AvgIpc) is 2.46. The van der Waals surface area contributed by atoms with Gasteiger partial charge in [-0.3, -0.25) is 10.1 Å². The van der Waals surface area contributed by atoms with E-state index in [0.29, 0.717) is 0 Å². The lowest BCUT2D eigenvalue weighted by atomic mass is 10.1. The van der Waals surface area contributed by atoms with Crippen molar-refractivity contribution in [2.24, 2.45) is 0 Å². The Kier molecular flexibility index (Phi) is 4.37. The molecule has 0 fully saturated rings. The molecule has 0 atom stereocenters. The minimum absolute atomic E-state index is 0.0428. The normalized spacial score (nSPS) is 11.2. The van der Waals surface area contributed by atoms with Crippen LogP contribution in [0.15, 0.2) is 48.5 Å². The monoisotopic (exact) mass is 313 g/mol. The van der Waals surface area contributed by atoms with E-state index in [1.54, 1.807) is 6.07 Å². The van der Waals surface area contributed by atoms with Crippen LogP contribution >= 0.6 is 11.6 Å². The van der Waals surface area contributed by atoms with E-state index in [-0.39, 0.29) is 22.0 Å². The smallest absolute Gasteiger partial charge is 0.306 e. The van der Waals surface area contributed by atoms with Crippen LogP contribution in [0.1, 0.15) is 5.56 Å². The van der Waals surface area contributed by atoms with Crippen molar-refractivity contribution in [3.63, 3.8) is 0 Å². The molecule has 0 amide bonds. The zero-order chi connectivity index (χ0) is 15.5. The van der Waals surface area contributed by atoms with Gasteiger partial charge in [0.2, 0.25) is 0 Å². The number of alkyl halides is 2. The highest BCUT2D eigenvalue weighted by molar-refractivity contribution is 6.32. The zero-order valence-corrected chi connectivity index (χ0v) is 11.4. The minimum Gasteiger partial charge on any atom is -0.487 e. The molecule has 0 heterocycles. The van der Waals surface area contributed by atoms with Crippen molar-refractivity contribution in [1.82, 2.24) is 0 Å². The molecule has 0 aliphatic carbocycles. The first-order valence-corrected chi connectivity index (χ1v) is 6.28. The van der Waals surface area contributed by atoms with Crippen LogP contribution < -0.4 is 4.74 Å². The highest BCUT2D eigenvalue weighted by Crippen LogP contribution is 2.31. The van der Waals surface area contributed by atoms with Gasteiger partial charge in [0.05, 0.1) is 4.92 Å². The lowest BCUT2D eigenvalue weighted by molar-refractivity contribution is -0.384. The van der Waals surface area contributed by atoms with Gasteiger partial charge in [0.15, 0.2) is 6.61 Å². The van der Waals surface area contributed by atoms with Gasteiger partial charge < -0.3 is 4.74 Å². The molecule has 0 unspecified atom stereocenters. The maximum atomic E-state index is 13.9. The van der Waals surface area contributed by atoms with Crippen molar-refractivity contribution in [3.05, 3.63) is 69.2 Å². The van der Waals surface area contributed by atoms with E-state index in [2.05, 4.69) is 0 Å². The van der Waals surface area contributed by atoms with Gasteiger partial charge in [-0.15, -0.1) is 0 Å². The fourth-order valence-electron chi connectivity index (χ4n) is 1.66. The number of nitrogens with zero attached hydrogens (tertiary/aromatic N) is 1. The predicted molar refractivity (Wildman–Crippen MR) is 73.9 cm³/mol. The molecular weight excluding hydrogens is 304 g/mol. The second-order valence-corrected chi connectivity index (χ2v) is 4.64. The molecule has 0 radical (unpaired) electrons. The Bertz CT molecular complexity index is 650. The summed E-state index contributed by atoms with van der Waals surface area (Å²) in [6.45, 7) is -0.884. The van der Waals surface area contributed by atoms with Crippen LogP contribution in [0.3, 0.4) is 0 Å². The summed E-state index contributed by atoms with van der Waals surface area (Å²) in [7, 11) is 0. The number of rotatable bonds is 5. The molecule has 0 aliphatic rings. The van der Waals surface area contributed by atoms with Crippen LogP contribution in [-0.4, -0.2) is 11.5 Å². The topological polar surface area (TPSA) is 52.4 Å². The standard InChI is InChI=1S/C14H10ClF2NO3/c15-12-8-11(6-7-13(12)18(19)20)21-9-14(16,17)10-4-2-1-3-5-10/h1-8H,9H2.